The van der Waals surface area contributed by atoms with E-state index in [-0.39, 0.29) is 11.5 Å². The molecule has 7 nitrogen and oxygen atoms in total. The van der Waals surface area contributed by atoms with E-state index >= 15 is 0 Å². The predicted octanol–water partition coefficient (Wildman–Crippen LogP) is 8.21. The molecule has 0 unspecified atom stereocenters. The van der Waals surface area contributed by atoms with Crippen molar-refractivity contribution >= 4 is 72.5 Å². The van der Waals surface area contributed by atoms with Crippen LogP contribution in [0.25, 0.3) is 22.0 Å². The highest BCUT2D eigenvalue weighted by Gasteiger charge is 2.22. The molecule has 0 aliphatic rings. The number of hydrogen-bond donors (Lipinski definition) is 2. The molecule has 0 fully saturated rings. The molecular weight excluding hydrogens is 650 g/mol. The van der Waals surface area contributed by atoms with Crippen molar-refractivity contribution in [2.45, 2.75) is 13.8 Å². The topological polar surface area (TPSA) is 96.7 Å². The van der Waals surface area contributed by atoms with E-state index in [1.807, 2.05) is 44.2 Å². The Morgan fingerprint density at radius 3 is 2.62 bits per heavy atom. The summed E-state index contributed by atoms with van der Waals surface area (Å²) in [6.07, 6.45) is 2.78. The molecule has 3 aromatic carbocycles. The van der Waals surface area contributed by atoms with Crippen molar-refractivity contribution in [1.29, 1.82) is 0 Å². The highest BCUT2D eigenvalue weighted by atomic mass is 79.9. The number of halogens is 3. The summed E-state index contributed by atoms with van der Waals surface area (Å²) in [5, 5.41) is 5.58. The summed E-state index contributed by atoms with van der Waals surface area (Å²) in [6.45, 7) is 3.99. The molecule has 0 aliphatic carbocycles. The van der Waals surface area contributed by atoms with Crippen LogP contribution in [-0.2, 0) is 0 Å². The molecule has 39 heavy (non-hydrogen) atoms. The molecule has 1 amide bonds. The molecule has 2 aromatic heterocycles. The molecular formula is C29H20Br2ClN3O4. The number of hydrogen-bond acceptors (Lipinski definition) is 5. The van der Waals surface area contributed by atoms with E-state index in [1.54, 1.807) is 24.3 Å². The predicted molar refractivity (Wildman–Crippen MR) is 159 cm³/mol. The van der Waals surface area contributed by atoms with E-state index in [1.165, 1.54) is 18.5 Å². The van der Waals surface area contributed by atoms with Gasteiger partial charge >= 0.3 is 5.97 Å². The number of carbonyl (C=O) groups is 2. The molecule has 0 saturated carbocycles. The van der Waals surface area contributed by atoms with Crippen LogP contribution in [0.4, 0.5) is 0 Å². The first kappa shape index (κ1) is 26.9. The number of hydrazone groups is 1. The Bertz CT molecular complexity index is 1760. The summed E-state index contributed by atoms with van der Waals surface area (Å²) in [6, 6.07) is 18.0. The number of rotatable bonds is 6. The van der Waals surface area contributed by atoms with Crippen LogP contribution in [0, 0.1) is 13.8 Å². The van der Waals surface area contributed by atoms with Gasteiger partial charge in [-0.2, -0.15) is 5.10 Å². The zero-order chi connectivity index (χ0) is 27.7. The maximum Gasteiger partial charge on any atom is 0.379 e. The first-order valence-corrected chi connectivity index (χ1v) is 13.6. The van der Waals surface area contributed by atoms with Gasteiger partial charge in [0.2, 0.25) is 5.76 Å². The number of furan rings is 1. The maximum atomic E-state index is 13.4. The second-order valence-electron chi connectivity index (χ2n) is 8.73. The van der Waals surface area contributed by atoms with Crippen molar-refractivity contribution in [1.82, 2.24) is 10.4 Å². The van der Waals surface area contributed by atoms with Gasteiger partial charge in [-0.05, 0) is 71.7 Å². The van der Waals surface area contributed by atoms with Crippen molar-refractivity contribution in [2.75, 3.05) is 0 Å². The van der Waals surface area contributed by atoms with Crippen LogP contribution in [0.3, 0.4) is 0 Å². The lowest BCUT2D eigenvalue weighted by Gasteiger charge is -2.10. The van der Waals surface area contributed by atoms with Gasteiger partial charge in [0.15, 0.2) is 5.75 Å². The fraction of sp³-hybridized carbons (Fsp3) is 0.0690. The number of nitrogens with zero attached hydrogens (tertiary/aromatic N) is 1. The third-order valence-corrected chi connectivity index (χ3v) is 7.32. The minimum absolute atomic E-state index is 0.0532. The van der Waals surface area contributed by atoms with Crippen molar-refractivity contribution in [3.05, 3.63) is 109 Å². The minimum atomic E-state index is -0.671. The first-order chi connectivity index (χ1) is 18.7. The lowest BCUT2D eigenvalue weighted by atomic mass is 9.99. The number of fused-ring (bicyclic) bond motifs is 1. The van der Waals surface area contributed by atoms with E-state index in [9.17, 15) is 9.59 Å². The zero-order valence-electron chi connectivity index (χ0n) is 20.6. The molecule has 2 heterocycles. The lowest BCUT2D eigenvalue weighted by molar-refractivity contribution is 0.0699. The average molecular weight is 670 g/mol. The summed E-state index contributed by atoms with van der Waals surface area (Å²) in [5.74, 6) is -0.865. The summed E-state index contributed by atoms with van der Waals surface area (Å²) in [4.78, 5) is 29.2. The van der Waals surface area contributed by atoms with Gasteiger partial charge in [0, 0.05) is 37.1 Å². The Kier molecular flexibility index (Phi) is 7.74. The molecule has 196 valence electrons. The lowest BCUT2D eigenvalue weighted by Crippen LogP contribution is -2.19. The van der Waals surface area contributed by atoms with Crippen LogP contribution < -0.4 is 10.2 Å². The van der Waals surface area contributed by atoms with E-state index in [2.05, 4.69) is 47.4 Å². The van der Waals surface area contributed by atoms with Crippen LogP contribution in [0.2, 0.25) is 5.02 Å². The van der Waals surface area contributed by atoms with Gasteiger partial charge < -0.3 is 14.1 Å². The van der Waals surface area contributed by atoms with E-state index in [0.29, 0.717) is 30.8 Å². The number of benzene rings is 3. The Balaban J connectivity index is 1.49. The number of amides is 1. The van der Waals surface area contributed by atoms with E-state index in [0.717, 1.165) is 27.6 Å². The fourth-order valence-electron chi connectivity index (χ4n) is 4.30. The molecule has 0 saturated heterocycles. The molecule has 5 rings (SSSR count). The molecule has 10 heteroatoms. The maximum absolute atomic E-state index is 13.4. The molecule has 0 radical (unpaired) electrons. The molecule has 0 aliphatic heterocycles. The van der Waals surface area contributed by atoms with Gasteiger partial charge in [0.1, 0.15) is 5.69 Å². The van der Waals surface area contributed by atoms with Crippen molar-refractivity contribution in [3.63, 3.8) is 0 Å². The summed E-state index contributed by atoms with van der Waals surface area (Å²) in [7, 11) is 0. The van der Waals surface area contributed by atoms with Gasteiger partial charge in [-0.3, -0.25) is 4.79 Å². The number of aryl methyl sites for hydroxylation is 2. The monoisotopic (exact) mass is 667 g/mol. The Hall–Kier alpha value is -3.66. The SMILES string of the molecule is Cc1cc(C)c2[nH]c(C(=O)NN=Cc3cc(Br)cc(Br)c3OC(=O)c3ccco3)c(-c3ccccc3Cl)c2c1. The van der Waals surface area contributed by atoms with Gasteiger partial charge in [-0.15, -0.1) is 0 Å². The molecule has 0 atom stereocenters. The standard InChI is InChI=1S/C29H20Br2ClN3O4/c1-15-10-16(2)25-20(11-15)24(19-6-3-4-7-22(19)32)26(34-25)28(36)35-33-14-17-12-18(30)13-21(31)27(17)39-29(37)23-8-5-9-38-23/h3-14,34H,1-2H3,(H,35,36). The number of H-pyrrole nitrogens is 1. The molecule has 5 aromatic rings. The number of aromatic nitrogens is 1. The summed E-state index contributed by atoms with van der Waals surface area (Å²) in [5.41, 5.74) is 7.67. The van der Waals surface area contributed by atoms with Crippen LogP contribution >= 0.6 is 43.5 Å². The molecule has 0 spiro atoms. The second-order valence-corrected chi connectivity index (χ2v) is 10.9. The van der Waals surface area contributed by atoms with Crippen molar-refractivity contribution < 1.29 is 18.7 Å². The largest absolute Gasteiger partial charge is 0.457 e. The van der Waals surface area contributed by atoms with E-state index < -0.39 is 11.9 Å². The third kappa shape index (κ3) is 5.56. The van der Waals surface area contributed by atoms with E-state index in [4.69, 9.17) is 20.8 Å². The van der Waals surface area contributed by atoms with Crippen molar-refractivity contribution in [2.24, 2.45) is 5.10 Å². The second kappa shape index (κ2) is 11.2. The Labute approximate surface area is 245 Å². The van der Waals surface area contributed by atoms with Crippen LogP contribution in [0.1, 0.15) is 37.7 Å². The van der Waals surface area contributed by atoms with Gasteiger partial charge in [0.05, 0.1) is 17.0 Å². The quantitative estimate of drug-likeness (QED) is 0.0825. The normalized spacial score (nSPS) is 11.3. The van der Waals surface area contributed by atoms with Gasteiger partial charge in [-0.25, -0.2) is 10.2 Å². The van der Waals surface area contributed by atoms with Crippen LogP contribution in [0.15, 0.2) is 85.4 Å². The minimum Gasteiger partial charge on any atom is -0.457 e. The Morgan fingerprint density at radius 2 is 1.87 bits per heavy atom. The van der Waals surface area contributed by atoms with Gasteiger partial charge in [-0.1, -0.05) is 57.4 Å². The zero-order valence-corrected chi connectivity index (χ0v) is 24.6. The molecule has 2 N–H and O–H groups in total. The number of nitrogens with one attached hydrogen (secondary N) is 2. The Morgan fingerprint density at radius 1 is 1.08 bits per heavy atom. The van der Waals surface area contributed by atoms with Crippen molar-refractivity contribution in [3.8, 4) is 16.9 Å². The average Bonchev–Trinajstić information content (AvgIpc) is 3.55. The fourth-order valence-corrected chi connectivity index (χ4v) is 5.87. The number of esters is 1. The highest BCUT2D eigenvalue weighted by Crippen LogP contribution is 2.38. The van der Waals surface area contributed by atoms with Crippen LogP contribution in [-0.4, -0.2) is 23.1 Å². The summed E-state index contributed by atoms with van der Waals surface area (Å²) < 4.78 is 11.9. The number of carbonyl (C=O) groups excluding carboxylic acids is 2. The molecule has 0 bridgehead atoms. The summed E-state index contributed by atoms with van der Waals surface area (Å²) >= 11 is 13.4. The third-order valence-electron chi connectivity index (χ3n) is 5.94. The highest BCUT2D eigenvalue weighted by molar-refractivity contribution is 9.11. The number of ether oxygens (including phenoxy) is 1. The first-order valence-electron chi connectivity index (χ1n) is 11.7. The van der Waals surface area contributed by atoms with Gasteiger partial charge in [0.25, 0.3) is 5.91 Å². The van der Waals surface area contributed by atoms with Crippen LogP contribution in [0.5, 0.6) is 5.75 Å². The smallest absolute Gasteiger partial charge is 0.379 e. The number of aromatic amines is 1.